The highest BCUT2D eigenvalue weighted by Gasteiger charge is 2.14. The molecule has 0 fully saturated rings. The number of non-ortho nitro benzene ring substituents is 1. The van der Waals surface area contributed by atoms with Crippen molar-refractivity contribution in [2.45, 2.75) is 6.92 Å². The lowest BCUT2D eigenvalue weighted by Crippen LogP contribution is -2.14. The van der Waals surface area contributed by atoms with Gasteiger partial charge in [-0.1, -0.05) is 0 Å². The lowest BCUT2D eigenvalue weighted by molar-refractivity contribution is -0.384. The molecule has 0 aliphatic carbocycles. The number of nitrogens with one attached hydrogen (secondary N) is 1. The number of phenols is 1. The van der Waals surface area contributed by atoms with E-state index in [1.807, 2.05) is 4.72 Å². The van der Waals surface area contributed by atoms with Gasteiger partial charge in [-0.15, -0.1) is 0 Å². The van der Waals surface area contributed by atoms with Gasteiger partial charge < -0.3 is 5.11 Å². The number of hydrogen-bond acceptors (Lipinski definition) is 5. The summed E-state index contributed by atoms with van der Waals surface area (Å²) in [6, 6.07) is 3.10. The molecular weight excluding hydrogens is 236 g/mol. The van der Waals surface area contributed by atoms with Gasteiger partial charge in [0.15, 0.2) is 0 Å². The second-order valence-electron chi connectivity index (χ2n) is 2.96. The lowest BCUT2D eigenvalue weighted by atomic mass is 10.2. The highest BCUT2D eigenvalue weighted by Crippen LogP contribution is 2.28. The minimum Gasteiger partial charge on any atom is -0.506 e. The summed E-state index contributed by atoms with van der Waals surface area (Å²) in [5, 5.41) is 19.8. The van der Waals surface area contributed by atoms with Crippen LogP contribution in [0.25, 0.3) is 0 Å². The number of rotatable bonds is 4. The van der Waals surface area contributed by atoms with Crippen LogP contribution in [0.15, 0.2) is 18.2 Å². The molecule has 0 unspecified atom stereocenters. The molecular formula is C8H10N2O5S. The van der Waals surface area contributed by atoms with Crippen LogP contribution in [-0.4, -0.2) is 24.2 Å². The summed E-state index contributed by atoms with van der Waals surface area (Å²) in [6.07, 6.45) is 0. The maximum absolute atomic E-state index is 11.2. The van der Waals surface area contributed by atoms with E-state index in [2.05, 4.69) is 0 Å². The fourth-order valence-electron chi connectivity index (χ4n) is 0.959. The first kappa shape index (κ1) is 12.2. The van der Waals surface area contributed by atoms with Crippen molar-refractivity contribution in [3.63, 3.8) is 0 Å². The fourth-order valence-corrected chi connectivity index (χ4v) is 1.60. The Morgan fingerprint density at radius 2 is 2.12 bits per heavy atom. The Hall–Kier alpha value is -1.83. The van der Waals surface area contributed by atoms with Crippen molar-refractivity contribution in [2.24, 2.45) is 0 Å². The second-order valence-corrected chi connectivity index (χ2v) is 4.98. The summed E-state index contributed by atoms with van der Waals surface area (Å²) < 4.78 is 24.5. The number of phenolic OH excluding ortho intramolecular Hbond substituents is 1. The van der Waals surface area contributed by atoms with Crippen LogP contribution >= 0.6 is 0 Å². The van der Waals surface area contributed by atoms with Gasteiger partial charge in [0.25, 0.3) is 5.69 Å². The molecule has 1 aromatic rings. The van der Waals surface area contributed by atoms with Crippen molar-refractivity contribution in [3.8, 4) is 5.75 Å². The SMILES string of the molecule is CCS(=O)(=O)Nc1cc([N+](=O)[O-])ccc1O. The number of sulfonamides is 1. The third-order valence-corrected chi connectivity index (χ3v) is 3.13. The first-order chi connectivity index (χ1) is 7.35. The number of nitro groups is 1. The van der Waals surface area contributed by atoms with Crippen LogP contribution < -0.4 is 4.72 Å². The summed E-state index contributed by atoms with van der Waals surface area (Å²) in [5.41, 5.74) is -0.498. The Balaban J connectivity index is 3.13. The van der Waals surface area contributed by atoms with Gasteiger partial charge in [0, 0.05) is 12.1 Å². The van der Waals surface area contributed by atoms with Crippen molar-refractivity contribution in [1.82, 2.24) is 0 Å². The zero-order valence-electron chi connectivity index (χ0n) is 8.37. The summed E-state index contributed by atoms with van der Waals surface area (Å²) in [6.45, 7) is 1.41. The molecule has 0 radical (unpaired) electrons. The molecule has 0 aliphatic heterocycles. The average molecular weight is 246 g/mol. The van der Waals surface area contributed by atoms with Gasteiger partial charge in [-0.3, -0.25) is 14.8 Å². The molecule has 0 saturated carbocycles. The zero-order chi connectivity index (χ0) is 12.3. The molecule has 7 nitrogen and oxygen atoms in total. The Morgan fingerprint density at radius 1 is 1.50 bits per heavy atom. The third-order valence-electron chi connectivity index (χ3n) is 1.84. The van der Waals surface area contributed by atoms with Gasteiger partial charge in [-0.05, 0) is 13.0 Å². The normalized spacial score (nSPS) is 11.1. The maximum Gasteiger partial charge on any atom is 0.271 e. The quantitative estimate of drug-likeness (QED) is 0.469. The molecule has 1 aromatic carbocycles. The maximum atomic E-state index is 11.2. The zero-order valence-corrected chi connectivity index (χ0v) is 9.19. The Labute approximate surface area is 91.9 Å². The Morgan fingerprint density at radius 3 is 2.62 bits per heavy atom. The van der Waals surface area contributed by atoms with E-state index in [0.717, 1.165) is 18.2 Å². The van der Waals surface area contributed by atoms with Crippen LogP contribution in [0.3, 0.4) is 0 Å². The standard InChI is InChI=1S/C8H10N2O5S/c1-2-16(14,15)9-7-5-6(10(12)13)3-4-8(7)11/h3-5,9,11H,2H2,1H3. The van der Waals surface area contributed by atoms with Crippen LogP contribution in [0.1, 0.15) is 6.92 Å². The molecule has 0 amide bonds. The van der Waals surface area contributed by atoms with Crippen molar-refractivity contribution < 1.29 is 18.4 Å². The molecule has 16 heavy (non-hydrogen) atoms. The van der Waals surface area contributed by atoms with E-state index in [1.54, 1.807) is 0 Å². The minimum atomic E-state index is -3.57. The van der Waals surface area contributed by atoms with Gasteiger partial charge in [-0.25, -0.2) is 8.42 Å². The predicted molar refractivity (Wildman–Crippen MR) is 57.8 cm³/mol. The van der Waals surface area contributed by atoms with Crippen molar-refractivity contribution in [1.29, 1.82) is 0 Å². The van der Waals surface area contributed by atoms with Crippen LogP contribution in [0.2, 0.25) is 0 Å². The highest BCUT2D eigenvalue weighted by molar-refractivity contribution is 7.92. The van der Waals surface area contributed by atoms with E-state index >= 15 is 0 Å². The monoisotopic (exact) mass is 246 g/mol. The molecule has 0 aromatic heterocycles. The molecule has 0 saturated heterocycles. The molecule has 1 rings (SSSR count). The molecule has 8 heteroatoms. The van der Waals surface area contributed by atoms with Gasteiger partial charge in [-0.2, -0.15) is 0 Å². The number of anilines is 1. The molecule has 0 bridgehead atoms. The third kappa shape index (κ3) is 2.83. The molecule has 0 aliphatic rings. The Kier molecular flexibility index (Phi) is 3.33. The van der Waals surface area contributed by atoms with Crippen LogP contribution in [0.4, 0.5) is 11.4 Å². The van der Waals surface area contributed by atoms with E-state index in [1.165, 1.54) is 6.92 Å². The van der Waals surface area contributed by atoms with Crippen LogP contribution in [0, 0.1) is 10.1 Å². The smallest absolute Gasteiger partial charge is 0.271 e. The van der Waals surface area contributed by atoms with E-state index in [-0.39, 0.29) is 22.9 Å². The summed E-state index contributed by atoms with van der Waals surface area (Å²) in [5.74, 6) is -0.544. The summed E-state index contributed by atoms with van der Waals surface area (Å²) in [7, 11) is -3.57. The van der Waals surface area contributed by atoms with Gasteiger partial charge >= 0.3 is 0 Å². The predicted octanol–water partition coefficient (Wildman–Crippen LogP) is 1.06. The Bertz CT molecular complexity index is 511. The second kappa shape index (κ2) is 4.35. The van der Waals surface area contributed by atoms with E-state index < -0.39 is 14.9 Å². The van der Waals surface area contributed by atoms with E-state index in [4.69, 9.17) is 0 Å². The summed E-state index contributed by atoms with van der Waals surface area (Å²) >= 11 is 0. The van der Waals surface area contributed by atoms with E-state index in [9.17, 15) is 23.6 Å². The molecule has 0 spiro atoms. The largest absolute Gasteiger partial charge is 0.506 e. The molecule has 2 N–H and O–H groups in total. The fraction of sp³-hybridized carbons (Fsp3) is 0.250. The molecule has 88 valence electrons. The first-order valence-corrected chi connectivity index (χ1v) is 5.99. The molecule has 0 heterocycles. The number of nitrogens with zero attached hydrogens (tertiary/aromatic N) is 1. The van der Waals surface area contributed by atoms with Crippen molar-refractivity contribution in [3.05, 3.63) is 28.3 Å². The summed E-state index contributed by atoms with van der Waals surface area (Å²) in [4.78, 5) is 9.77. The number of nitro benzene ring substituents is 1. The van der Waals surface area contributed by atoms with Crippen molar-refractivity contribution in [2.75, 3.05) is 10.5 Å². The number of benzene rings is 1. The van der Waals surface area contributed by atoms with Gasteiger partial charge in [0.1, 0.15) is 5.75 Å². The number of hydrogen-bond donors (Lipinski definition) is 2. The first-order valence-electron chi connectivity index (χ1n) is 4.33. The van der Waals surface area contributed by atoms with Crippen LogP contribution in [-0.2, 0) is 10.0 Å². The minimum absolute atomic E-state index is 0.185. The van der Waals surface area contributed by atoms with E-state index in [0.29, 0.717) is 0 Å². The number of aromatic hydroxyl groups is 1. The highest BCUT2D eigenvalue weighted by atomic mass is 32.2. The van der Waals surface area contributed by atoms with Crippen LogP contribution in [0.5, 0.6) is 5.75 Å². The van der Waals surface area contributed by atoms with Crippen molar-refractivity contribution >= 4 is 21.4 Å². The van der Waals surface area contributed by atoms with Gasteiger partial charge in [0.2, 0.25) is 10.0 Å². The average Bonchev–Trinajstić information content (AvgIpc) is 2.21. The topological polar surface area (TPSA) is 110 Å². The van der Waals surface area contributed by atoms with Gasteiger partial charge in [0.05, 0.1) is 16.4 Å². The lowest BCUT2D eigenvalue weighted by Gasteiger charge is -2.07. The molecule has 0 atom stereocenters.